The van der Waals surface area contributed by atoms with Crippen LogP contribution in [0.25, 0.3) is 0 Å². The van der Waals surface area contributed by atoms with Gasteiger partial charge < -0.3 is 15.2 Å². The number of ketones is 1. The van der Waals surface area contributed by atoms with Gasteiger partial charge in [-0.1, -0.05) is 23.4 Å². The molecule has 2 aromatic carbocycles. The molecule has 9 heteroatoms. The topological polar surface area (TPSA) is 88.9 Å². The van der Waals surface area contributed by atoms with Crippen LogP contribution in [-0.2, 0) is 17.9 Å². The monoisotopic (exact) mass is 443 g/mol. The average molecular weight is 444 g/mol. The number of carbonyl (C=O) groups excluding carboxylic acids is 2. The van der Waals surface area contributed by atoms with Crippen LogP contribution in [0.5, 0.6) is 0 Å². The van der Waals surface area contributed by atoms with Crippen LogP contribution < -0.4 is 10.6 Å². The fourth-order valence-electron chi connectivity index (χ4n) is 2.74. The van der Waals surface area contributed by atoms with Gasteiger partial charge >= 0.3 is 0 Å². The molecular formula is C21H22ClN5O2S. The summed E-state index contributed by atoms with van der Waals surface area (Å²) in [4.78, 5) is 23.6. The third kappa shape index (κ3) is 5.84. The number of hydrogen-bond acceptors (Lipinski definition) is 6. The summed E-state index contributed by atoms with van der Waals surface area (Å²) in [5.74, 6) is 0.831. The second-order valence-electron chi connectivity index (χ2n) is 6.47. The van der Waals surface area contributed by atoms with Crippen LogP contribution in [0.2, 0.25) is 5.02 Å². The number of thioether (sulfide) groups is 1. The van der Waals surface area contributed by atoms with E-state index in [0.717, 1.165) is 11.5 Å². The molecule has 0 saturated carbocycles. The van der Waals surface area contributed by atoms with Crippen molar-refractivity contribution < 1.29 is 9.59 Å². The summed E-state index contributed by atoms with van der Waals surface area (Å²) in [7, 11) is 0. The molecule has 3 aromatic rings. The smallest absolute Gasteiger partial charge is 0.234 e. The number of nitrogens with one attached hydrogen (secondary N) is 2. The molecule has 0 aliphatic carbocycles. The number of amides is 1. The summed E-state index contributed by atoms with van der Waals surface area (Å²) < 4.78 is 1.97. The standard InChI is InChI=1S/C21H22ClN5O2S/c1-3-27-19(12-23-17-10-6-16(22)7-11-17)25-26-21(27)30-13-20(29)24-18-8-4-15(5-9-18)14(2)28/h4-11,23H,3,12-13H2,1-2H3,(H,24,29). The summed E-state index contributed by atoms with van der Waals surface area (Å²) in [5.41, 5.74) is 2.20. The predicted molar refractivity (Wildman–Crippen MR) is 120 cm³/mol. The summed E-state index contributed by atoms with van der Waals surface area (Å²) >= 11 is 7.24. The molecule has 0 bridgehead atoms. The van der Waals surface area contributed by atoms with Crippen LogP contribution in [0.4, 0.5) is 11.4 Å². The Bertz CT molecular complexity index is 1020. The Morgan fingerprint density at radius 1 is 1.03 bits per heavy atom. The minimum atomic E-state index is -0.151. The highest BCUT2D eigenvalue weighted by Crippen LogP contribution is 2.19. The van der Waals surface area contributed by atoms with Gasteiger partial charge in [0, 0.05) is 28.5 Å². The van der Waals surface area contributed by atoms with E-state index < -0.39 is 0 Å². The molecule has 0 saturated heterocycles. The van der Waals surface area contributed by atoms with Gasteiger partial charge in [0.05, 0.1) is 12.3 Å². The molecule has 0 spiro atoms. The first kappa shape index (κ1) is 21.9. The summed E-state index contributed by atoms with van der Waals surface area (Å²) in [6, 6.07) is 14.3. The van der Waals surface area contributed by atoms with Crippen LogP contribution in [-0.4, -0.2) is 32.2 Å². The van der Waals surface area contributed by atoms with Crippen molar-refractivity contribution in [3.05, 3.63) is 64.9 Å². The third-order valence-corrected chi connectivity index (χ3v) is 5.53. The number of aromatic nitrogens is 3. The minimum absolute atomic E-state index is 0.0105. The van der Waals surface area contributed by atoms with E-state index in [1.807, 2.05) is 35.8 Å². The number of halogens is 1. The van der Waals surface area contributed by atoms with Crippen molar-refractivity contribution in [1.82, 2.24) is 14.8 Å². The van der Waals surface area contributed by atoms with E-state index in [-0.39, 0.29) is 17.4 Å². The van der Waals surface area contributed by atoms with Crippen molar-refractivity contribution in [3.63, 3.8) is 0 Å². The van der Waals surface area contributed by atoms with Crippen LogP contribution in [0.15, 0.2) is 53.7 Å². The van der Waals surface area contributed by atoms with E-state index in [0.29, 0.717) is 34.5 Å². The first-order chi connectivity index (χ1) is 14.5. The van der Waals surface area contributed by atoms with Crippen LogP contribution in [0.3, 0.4) is 0 Å². The Hall–Kier alpha value is -2.84. The van der Waals surface area contributed by atoms with Gasteiger partial charge in [0.25, 0.3) is 0 Å². The van der Waals surface area contributed by atoms with Gasteiger partial charge in [-0.15, -0.1) is 10.2 Å². The van der Waals surface area contributed by atoms with Crippen molar-refractivity contribution in [2.24, 2.45) is 0 Å². The van der Waals surface area contributed by atoms with Crippen LogP contribution >= 0.6 is 23.4 Å². The zero-order valence-corrected chi connectivity index (χ0v) is 18.3. The fourth-order valence-corrected chi connectivity index (χ4v) is 3.69. The SMILES string of the molecule is CCn1c(CNc2ccc(Cl)cc2)nnc1SCC(=O)Nc1ccc(C(C)=O)cc1. The van der Waals surface area contributed by atoms with E-state index in [4.69, 9.17) is 11.6 Å². The second-order valence-corrected chi connectivity index (χ2v) is 7.85. The predicted octanol–water partition coefficient (Wildman–Crippen LogP) is 4.50. The lowest BCUT2D eigenvalue weighted by atomic mass is 10.1. The lowest BCUT2D eigenvalue weighted by Crippen LogP contribution is -2.15. The number of hydrogen-bond donors (Lipinski definition) is 2. The summed E-state index contributed by atoms with van der Waals surface area (Å²) in [5, 5.41) is 16.0. The lowest BCUT2D eigenvalue weighted by Gasteiger charge is -2.09. The van der Waals surface area contributed by atoms with Crippen molar-refractivity contribution in [2.75, 3.05) is 16.4 Å². The van der Waals surface area contributed by atoms with Gasteiger partial charge in [-0.3, -0.25) is 9.59 Å². The zero-order valence-electron chi connectivity index (χ0n) is 16.7. The van der Waals surface area contributed by atoms with Gasteiger partial charge in [0.2, 0.25) is 5.91 Å². The molecule has 1 amide bonds. The number of rotatable bonds is 9. The highest BCUT2D eigenvalue weighted by atomic mass is 35.5. The summed E-state index contributed by atoms with van der Waals surface area (Å²) in [6.45, 7) is 4.72. The van der Waals surface area contributed by atoms with Gasteiger partial charge in [-0.05, 0) is 62.4 Å². The minimum Gasteiger partial charge on any atom is -0.378 e. The number of carbonyl (C=O) groups is 2. The molecule has 0 unspecified atom stereocenters. The Balaban J connectivity index is 1.55. The maximum Gasteiger partial charge on any atom is 0.234 e. The van der Waals surface area contributed by atoms with Crippen molar-refractivity contribution in [3.8, 4) is 0 Å². The third-order valence-electron chi connectivity index (χ3n) is 4.31. The Kier molecular flexibility index (Phi) is 7.48. The Morgan fingerprint density at radius 3 is 2.33 bits per heavy atom. The molecule has 2 N–H and O–H groups in total. The fraction of sp³-hybridized carbons (Fsp3) is 0.238. The molecule has 0 aliphatic heterocycles. The number of anilines is 2. The maximum absolute atomic E-state index is 12.3. The van der Waals surface area contributed by atoms with Gasteiger partial charge in [-0.2, -0.15) is 0 Å². The molecule has 0 atom stereocenters. The molecule has 1 aromatic heterocycles. The van der Waals surface area contributed by atoms with E-state index in [1.54, 1.807) is 24.3 Å². The van der Waals surface area contributed by atoms with E-state index >= 15 is 0 Å². The van der Waals surface area contributed by atoms with Crippen molar-refractivity contribution in [1.29, 1.82) is 0 Å². The molecular weight excluding hydrogens is 422 g/mol. The first-order valence-electron chi connectivity index (χ1n) is 9.41. The van der Waals surface area contributed by atoms with E-state index in [2.05, 4.69) is 20.8 Å². The van der Waals surface area contributed by atoms with Gasteiger partial charge in [0.1, 0.15) is 0 Å². The maximum atomic E-state index is 12.3. The summed E-state index contributed by atoms with van der Waals surface area (Å²) in [6.07, 6.45) is 0. The molecule has 3 rings (SSSR count). The van der Waals surface area contributed by atoms with E-state index in [1.165, 1.54) is 18.7 Å². The largest absolute Gasteiger partial charge is 0.378 e. The number of Topliss-reactive ketones (excluding diaryl/α,β-unsaturated/α-hetero) is 1. The normalized spacial score (nSPS) is 10.6. The molecule has 0 fully saturated rings. The molecule has 0 radical (unpaired) electrons. The molecule has 7 nitrogen and oxygen atoms in total. The van der Waals surface area contributed by atoms with E-state index in [9.17, 15) is 9.59 Å². The molecule has 30 heavy (non-hydrogen) atoms. The molecule has 156 valence electrons. The highest BCUT2D eigenvalue weighted by molar-refractivity contribution is 7.99. The van der Waals surface area contributed by atoms with Crippen molar-refractivity contribution in [2.45, 2.75) is 32.1 Å². The van der Waals surface area contributed by atoms with Gasteiger partial charge in [0.15, 0.2) is 16.8 Å². The van der Waals surface area contributed by atoms with Gasteiger partial charge in [-0.25, -0.2) is 0 Å². The Morgan fingerprint density at radius 2 is 1.70 bits per heavy atom. The van der Waals surface area contributed by atoms with Crippen molar-refractivity contribution >= 4 is 46.4 Å². The first-order valence-corrected chi connectivity index (χ1v) is 10.8. The molecule has 0 aliphatic rings. The van der Waals surface area contributed by atoms with Crippen LogP contribution in [0.1, 0.15) is 30.0 Å². The zero-order chi connectivity index (χ0) is 21.5. The lowest BCUT2D eigenvalue weighted by molar-refractivity contribution is -0.113. The number of nitrogens with zero attached hydrogens (tertiary/aromatic N) is 3. The second kappa shape index (κ2) is 10.3. The Labute approximate surface area is 184 Å². The highest BCUT2D eigenvalue weighted by Gasteiger charge is 2.13. The van der Waals surface area contributed by atoms with Crippen LogP contribution in [0, 0.1) is 0 Å². The molecule has 1 heterocycles. The number of benzene rings is 2. The quantitative estimate of drug-likeness (QED) is 0.374. The average Bonchev–Trinajstić information content (AvgIpc) is 3.14.